The lowest BCUT2D eigenvalue weighted by Crippen LogP contribution is -2.43. The van der Waals surface area contributed by atoms with E-state index in [1.165, 1.54) is 0 Å². The van der Waals surface area contributed by atoms with Gasteiger partial charge in [0.2, 0.25) is 0 Å². The summed E-state index contributed by atoms with van der Waals surface area (Å²) >= 11 is 12.1. The topological polar surface area (TPSA) is 81.7 Å². The van der Waals surface area contributed by atoms with Gasteiger partial charge in [-0.25, -0.2) is 4.79 Å². The number of hydrogen-bond donors (Lipinski definition) is 3. The van der Waals surface area contributed by atoms with Gasteiger partial charge in [-0.05, 0) is 67.3 Å². The number of urea groups is 1. The minimum Gasteiger partial charge on any atom is -0.387 e. The highest BCUT2D eigenvalue weighted by Gasteiger charge is 2.23. The number of anilines is 1. The summed E-state index contributed by atoms with van der Waals surface area (Å²) in [5.74, 6) is -0.104. The maximum absolute atomic E-state index is 13.1. The van der Waals surface area contributed by atoms with Crippen molar-refractivity contribution in [3.05, 3.63) is 99.5 Å². The van der Waals surface area contributed by atoms with Crippen molar-refractivity contribution in [3.8, 4) is 0 Å². The van der Waals surface area contributed by atoms with Crippen LogP contribution < -0.4 is 10.6 Å². The van der Waals surface area contributed by atoms with Crippen molar-refractivity contribution in [2.45, 2.75) is 38.8 Å². The first-order chi connectivity index (χ1) is 17.3. The summed E-state index contributed by atoms with van der Waals surface area (Å²) in [6.45, 7) is 4.54. The maximum Gasteiger partial charge on any atom is 0.322 e. The van der Waals surface area contributed by atoms with Crippen molar-refractivity contribution in [2.24, 2.45) is 0 Å². The van der Waals surface area contributed by atoms with Gasteiger partial charge in [-0.3, -0.25) is 4.79 Å². The van der Waals surface area contributed by atoms with Gasteiger partial charge in [-0.1, -0.05) is 66.5 Å². The van der Waals surface area contributed by atoms with Crippen LogP contribution >= 0.6 is 23.2 Å². The predicted molar refractivity (Wildman–Crippen MR) is 146 cm³/mol. The number of amides is 3. The van der Waals surface area contributed by atoms with Crippen LogP contribution in [0.1, 0.15) is 47.9 Å². The molecule has 3 aromatic rings. The van der Waals surface area contributed by atoms with E-state index in [9.17, 15) is 14.7 Å². The number of nitrogens with zero attached hydrogens (tertiary/aromatic N) is 1. The SMILES string of the molecule is CC[C@@H](C)N(C[C@@H](O)c1ccc(Cl)c(Cl)c1)C(=O)Nc1ccc(CCNC(=O)c2ccccc2)cc1. The van der Waals surface area contributed by atoms with E-state index < -0.39 is 6.10 Å². The molecular weight excluding hydrogens is 497 g/mol. The van der Waals surface area contributed by atoms with Crippen molar-refractivity contribution >= 4 is 40.8 Å². The Morgan fingerprint density at radius 3 is 2.31 bits per heavy atom. The molecule has 0 unspecified atom stereocenters. The molecular formula is C28H31Cl2N3O3. The molecule has 2 atom stereocenters. The van der Waals surface area contributed by atoms with Gasteiger partial charge < -0.3 is 20.6 Å². The van der Waals surface area contributed by atoms with Crippen LogP contribution in [0, 0.1) is 0 Å². The third kappa shape index (κ3) is 7.72. The summed E-state index contributed by atoms with van der Waals surface area (Å²) in [6.07, 6.45) is 0.490. The van der Waals surface area contributed by atoms with Gasteiger partial charge in [-0.2, -0.15) is 0 Å². The standard InChI is InChI=1S/C28H31Cl2N3O3/c1-3-19(2)33(18-26(34)22-11-14-24(29)25(30)17-22)28(36)32-23-12-9-20(10-13-23)15-16-31-27(35)21-7-5-4-6-8-21/h4-14,17,19,26,34H,3,15-16,18H2,1-2H3,(H,31,35)(H,32,36)/t19-,26-/m1/s1. The molecule has 0 saturated heterocycles. The highest BCUT2D eigenvalue weighted by Crippen LogP contribution is 2.26. The fourth-order valence-corrected chi connectivity index (χ4v) is 3.96. The first kappa shape index (κ1) is 27.5. The highest BCUT2D eigenvalue weighted by atomic mass is 35.5. The molecule has 0 aliphatic heterocycles. The molecule has 0 saturated carbocycles. The number of carbonyl (C=O) groups is 2. The summed E-state index contributed by atoms with van der Waals surface area (Å²) in [4.78, 5) is 26.8. The summed E-state index contributed by atoms with van der Waals surface area (Å²) in [7, 11) is 0. The van der Waals surface area contributed by atoms with E-state index in [-0.39, 0.29) is 24.5 Å². The van der Waals surface area contributed by atoms with E-state index in [1.54, 1.807) is 35.2 Å². The smallest absolute Gasteiger partial charge is 0.322 e. The molecule has 0 fully saturated rings. The Balaban J connectivity index is 1.56. The number of nitrogens with one attached hydrogen (secondary N) is 2. The third-order valence-electron chi connectivity index (χ3n) is 6.02. The van der Waals surface area contributed by atoms with Crippen molar-refractivity contribution in [1.29, 1.82) is 0 Å². The summed E-state index contributed by atoms with van der Waals surface area (Å²) < 4.78 is 0. The largest absolute Gasteiger partial charge is 0.387 e. The zero-order valence-corrected chi connectivity index (χ0v) is 21.9. The number of hydrogen-bond acceptors (Lipinski definition) is 3. The summed E-state index contributed by atoms with van der Waals surface area (Å²) in [5.41, 5.74) is 2.91. The lowest BCUT2D eigenvalue weighted by molar-refractivity contribution is 0.0954. The van der Waals surface area contributed by atoms with Gasteiger partial charge in [0, 0.05) is 23.8 Å². The molecule has 0 aliphatic carbocycles. The highest BCUT2D eigenvalue weighted by molar-refractivity contribution is 6.42. The van der Waals surface area contributed by atoms with Crippen LogP contribution in [0.2, 0.25) is 10.0 Å². The first-order valence-electron chi connectivity index (χ1n) is 11.9. The van der Waals surface area contributed by atoms with Gasteiger partial charge in [0.1, 0.15) is 0 Å². The van der Waals surface area contributed by atoms with Crippen LogP contribution in [0.4, 0.5) is 10.5 Å². The number of carbonyl (C=O) groups excluding carboxylic acids is 2. The van der Waals surface area contributed by atoms with Gasteiger partial charge >= 0.3 is 6.03 Å². The van der Waals surface area contributed by atoms with Crippen LogP contribution in [-0.4, -0.2) is 41.1 Å². The fourth-order valence-electron chi connectivity index (χ4n) is 3.66. The number of aliphatic hydroxyl groups excluding tert-OH is 1. The van der Waals surface area contributed by atoms with Gasteiger partial charge in [0.15, 0.2) is 0 Å². The Hall–Kier alpha value is -3.06. The van der Waals surface area contributed by atoms with E-state index in [1.807, 2.05) is 56.3 Å². The first-order valence-corrected chi connectivity index (χ1v) is 12.7. The van der Waals surface area contributed by atoms with Crippen molar-refractivity contribution < 1.29 is 14.7 Å². The van der Waals surface area contributed by atoms with Crippen LogP contribution in [0.3, 0.4) is 0 Å². The van der Waals surface area contributed by atoms with Gasteiger partial charge in [0.05, 0.1) is 22.7 Å². The molecule has 0 heterocycles. The number of aliphatic hydroxyl groups is 1. The molecule has 190 valence electrons. The molecule has 3 aromatic carbocycles. The fraction of sp³-hybridized carbons (Fsp3) is 0.286. The van der Waals surface area contributed by atoms with E-state index >= 15 is 0 Å². The molecule has 0 radical (unpaired) electrons. The van der Waals surface area contributed by atoms with E-state index in [2.05, 4.69) is 10.6 Å². The van der Waals surface area contributed by atoms with Crippen molar-refractivity contribution in [1.82, 2.24) is 10.2 Å². The summed E-state index contributed by atoms with van der Waals surface area (Å²) in [6, 6.07) is 21.1. The molecule has 36 heavy (non-hydrogen) atoms. The molecule has 0 aromatic heterocycles. The second-order valence-corrected chi connectivity index (χ2v) is 9.41. The third-order valence-corrected chi connectivity index (χ3v) is 6.76. The monoisotopic (exact) mass is 527 g/mol. The normalized spacial score (nSPS) is 12.5. The van der Waals surface area contributed by atoms with E-state index in [0.717, 1.165) is 12.0 Å². The van der Waals surface area contributed by atoms with Crippen molar-refractivity contribution in [2.75, 3.05) is 18.4 Å². The molecule has 8 heteroatoms. The minimum absolute atomic E-state index is 0.0880. The lowest BCUT2D eigenvalue weighted by atomic mass is 10.1. The zero-order chi connectivity index (χ0) is 26.1. The van der Waals surface area contributed by atoms with E-state index in [4.69, 9.17) is 23.2 Å². The second-order valence-electron chi connectivity index (χ2n) is 8.60. The Morgan fingerprint density at radius 2 is 1.67 bits per heavy atom. The molecule has 0 bridgehead atoms. The lowest BCUT2D eigenvalue weighted by Gasteiger charge is -2.31. The zero-order valence-electron chi connectivity index (χ0n) is 20.4. The number of benzene rings is 3. The minimum atomic E-state index is -0.909. The van der Waals surface area contributed by atoms with Crippen LogP contribution in [0.25, 0.3) is 0 Å². The van der Waals surface area contributed by atoms with Crippen LogP contribution in [0.5, 0.6) is 0 Å². The van der Waals surface area contributed by atoms with Gasteiger partial charge in [0.25, 0.3) is 5.91 Å². The summed E-state index contributed by atoms with van der Waals surface area (Å²) in [5, 5.41) is 17.3. The van der Waals surface area contributed by atoms with Crippen molar-refractivity contribution in [3.63, 3.8) is 0 Å². The average molecular weight is 528 g/mol. The Bertz CT molecular complexity index is 1160. The number of rotatable bonds is 10. The molecule has 0 aliphatic rings. The number of halogens is 2. The Morgan fingerprint density at radius 1 is 0.972 bits per heavy atom. The predicted octanol–water partition coefficient (Wildman–Crippen LogP) is 6.33. The molecule has 3 rings (SSSR count). The second kappa shape index (κ2) is 13.3. The maximum atomic E-state index is 13.1. The molecule has 0 spiro atoms. The Kier molecular flexibility index (Phi) is 10.2. The molecule has 3 amide bonds. The van der Waals surface area contributed by atoms with Crippen LogP contribution in [0.15, 0.2) is 72.8 Å². The molecule has 3 N–H and O–H groups in total. The Labute approximate surface area is 222 Å². The quantitative estimate of drug-likeness (QED) is 0.288. The van der Waals surface area contributed by atoms with Gasteiger partial charge in [-0.15, -0.1) is 0 Å². The average Bonchev–Trinajstić information content (AvgIpc) is 2.89. The van der Waals surface area contributed by atoms with Crippen LogP contribution in [-0.2, 0) is 6.42 Å². The molecule has 6 nitrogen and oxygen atoms in total. The van der Waals surface area contributed by atoms with E-state index in [0.29, 0.717) is 39.8 Å².